The highest BCUT2D eigenvalue weighted by Gasteiger charge is 2.32. The van der Waals surface area contributed by atoms with Crippen LogP contribution in [0.3, 0.4) is 0 Å². The Morgan fingerprint density at radius 3 is 1.74 bits per heavy atom. The Morgan fingerprint density at radius 1 is 0.718 bits per heavy atom. The quantitative estimate of drug-likeness (QED) is 0.0960. The van der Waals surface area contributed by atoms with E-state index in [1.165, 1.54) is 24.3 Å². The van der Waals surface area contributed by atoms with Crippen molar-refractivity contribution in [3.63, 3.8) is 0 Å². The molecular formula is C23H31N5O11. The van der Waals surface area contributed by atoms with E-state index >= 15 is 0 Å². The van der Waals surface area contributed by atoms with E-state index in [1.807, 2.05) is 5.32 Å². The van der Waals surface area contributed by atoms with E-state index in [0.29, 0.717) is 5.56 Å². The fourth-order valence-corrected chi connectivity index (χ4v) is 3.27. The highest BCUT2D eigenvalue weighted by atomic mass is 16.4. The summed E-state index contributed by atoms with van der Waals surface area (Å²) in [7, 11) is 0. The van der Waals surface area contributed by atoms with Crippen LogP contribution in [0.2, 0.25) is 0 Å². The molecule has 16 nitrogen and oxygen atoms in total. The first-order valence-corrected chi connectivity index (χ1v) is 11.6. The Labute approximate surface area is 221 Å². The molecule has 4 unspecified atom stereocenters. The lowest BCUT2D eigenvalue weighted by Crippen LogP contribution is -2.57. The zero-order chi connectivity index (χ0) is 29.7. The van der Waals surface area contributed by atoms with Crippen LogP contribution in [0.1, 0.15) is 37.7 Å². The molecule has 1 aromatic rings. The Bertz CT molecular complexity index is 1080. The van der Waals surface area contributed by atoms with E-state index in [1.54, 1.807) is 0 Å². The van der Waals surface area contributed by atoms with E-state index < -0.39 is 85.0 Å². The normalized spacial score (nSPS) is 13.7. The van der Waals surface area contributed by atoms with Crippen molar-refractivity contribution in [2.45, 2.75) is 62.7 Å². The van der Waals surface area contributed by atoms with Gasteiger partial charge in [-0.1, -0.05) is 12.1 Å². The van der Waals surface area contributed by atoms with Gasteiger partial charge in [-0.25, -0.2) is 4.79 Å². The summed E-state index contributed by atoms with van der Waals surface area (Å²) in [4.78, 5) is 82.9. The molecule has 0 heterocycles. The molecule has 0 fully saturated rings. The fraction of sp³-hybridized carbons (Fsp3) is 0.435. The third-order valence-corrected chi connectivity index (χ3v) is 5.31. The summed E-state index contributed by atoms with van der Waals surface area (Å²) in [5.74, 6) is -8.42. The van der Waals surface area contributed by atoms with Crippen molar-refractivity contribution in [1.29, 1.82) is 0 Å². The van der Waals surface area contributed by atoms with E-state index in [4.69, 9.17) is 21.7 Å². The van der Waals surface area contributed by atoms with Crippen LogP contribution in [-0.2, 0) is 40.0 Å². The molecule has 1 aromatic carbocycles. The number of hydrogen-bond acceptors (Lipinski definition) is 9. The average Bonchev–Trinajstić information content (AvgIpc) is 2.84. The third-order valence-electron chi connectivity index (χ3n) is 5.31. The largest absolute Gasteiger partial charge is 0.508 e. The van der Waals surface area contributed by atoms with Crippen LogP contribution < -0.4 is 27.4 Å². The minimum absolute atomic E-state index is 0.00327. The van der Waals surface area contributed by atoms with Gasteiger partial charge in [0.25, 0.3) is 0 Å². The van der Waals surface area contributed by atoms with Crippen molar-refractivity contribution in [2.24, 2.45) is 11.5 Å². The predicted molar refractivity (Wildman–Crippen MR) is 131 cm³/mol. The Hall–Kier alpha value is -4.73. The number of aliphatic carboxylic acids is 3. The van der Waals surface area contributed by atoms with Gasteiger partial charge in [-0.3, -0.25) is 28.8 Å². The standard InChI is InChI=1S/C23H31N5O11/c24-13(9-11-1-3-12(29)4-2-11)20(35)26-14(5-7-17(25)30)21(36)28-16(10-19(33)34)22(37)27-15(23(38)39)6-8-18(31)32/h1-4,13-16,29H,5-10,24H2,(H2,25,30)(H,26,35)(H,27,37)(H,28,36)(H,31,32)(H,33,34)(H,38,39). The molecular weight excluding hydrogens is 522 g/mol. The van der Waals surface area contributed by atoms with Crippen molar-refractivity contribution in [3.05, 3.63) is 29.8 Å². The number of carboxylic acid groups (broad SMARTS) is 3. The highest BCUT2D eigenvalue weighted by Crippen LogP contribution is 2.11. The number of hydrogen-bond donors (Lipinski definition) is 9. The summed E-state index contributed by atoms with van der Waals surface area (Å²) in [5, 5.41) is 42.9. The summed E-state index contributed by atoms with van der Waals surface area (Å²) in [5.41, 5.74) is 11.6. The average molecular weight is 554 g/mol. The second kappa shape index (κ2) is 15.5. The number of carbonyl (C=O) groups excluding carboxylic acids is 4. The van der Waals surface area contributed by atoms with E-state index in [-0.39, 0.29) is 25.0 Å². The number of aromatic hydroxyl groups is 1. The Morgan fingerprint density at radius 2 is 1.23 bits per heavy atom. The molecule has 0 radical (unpaired) electrons. The van der Waals surface area contributed by atoms with E-state index in [0.717, 1.165) is 0 Å². The van der Waals surface area contributed by atoms with Gasteiger partial charge < -0.3 is 47.8 Å². The molecule has 0 aliphatic heterocycles. The van der Waals surface area contributed by atoms with E-state index in [9.17, 15) is 43.8 Å². The number of phenolic OH excluding ortho intramolecular Hbond substituents is 1. The molecule has 0 saturated heterocycles. The van der Waals surface area contributed by atoms with Gasteiger partial charge in [0, 0.05) is 12.8 Å². The molecule has 0 spiro atoms. The Balaban J connectivity index is 3.01. The molecule has 0 aromatic heterocycles. The number of primary amides is 1. The first kappa shape index (κ1) is 32.3. The molecule has 11 N–H and O–H groups in total. The van der Waals surface area contributed by atoms with Crippen molar-refractivity contribution >= 4 is 41.5 Å². The van der Waals surface area contributed by atoms with Gasteiger partial charge in [-0.15, -0.1) is 0 Å². The third kappa shape index (κ3) is 12.4. The second-order valence-corrected chi connectivity index (χ2v) is 8.53. The first-order valence-electron chi connectivity index (χ1n) is 11.6. The molecule has 0 bridgehead atoms. The van der Waals surface area contributed by atoms with Crippen molar-refractivity contribution < 1.29 is 54.0 Å². The summed E-state index contributed by atoms with van der Waals surface area (Å²) in [6, 6.07) is -0.360. The number of nitrogens with two attached hydrogens (primary N) is 2. The molecule has 1 rings (SSSR count). The molecule has 214 valence electrons. The van der Waals surface area contributed by atoms with Crippen molar-refractivity contribution in [2.75, 3.05) is 0 Å². The maximum atomic E-state index is 12.9. The van der Waals surface area contributed by atoms with Crippen molar-refractivity contribution in [3.8, 4) is 5.75 Å². The van der Waals surface area contributed by atoms with Crippen LogP contribution in [0.5, 0.6) is 5.75 Å². The minimum Gasteiger partial charge on any atom is -0.508 e. The van der Waals surface area contributed by atoms with Gasteiger partial charge in [0.1, 0.15) is 23.9 Å². The van der Waals surface area contributed by atoms with Gasteiger partial charge in [0.2, 0.25) is 23.6 Å². The molecule has 16 heteroatoms. The predicted octanol–water partition coefficient (Wildman–Crippen LogP) is -2.59. The number of nitrogens with one attached hydrogen (secondary N) is 3. The molecule has 4 atom stereocenters. The van der Waals surface area contributed by atoms with E-state index in [2.05, 4.69) is 10.6 Å². The SMILES string of the molecule is NC(=O)CCC(NC(=O)C(N)Cc1ccc(O)cc1)C(=O)NC(CC(=O)O)C(=O)NC(CCC(=O)O)C(=O)O. The van der Waals surface area contributed by atoms with Crippen LogP contribution in [0.25, 0.3) is 0 Å². The zero-order valence-corrected chi connectivity index (χ0v) is 20.7. The number of rotatable bonds is 17. The van der Waals surface area contributed by atoms with Crippen LogP contribution in [-0.4, -0.2) is 86.1 Å². The highest BCUT2D eigenvalue weighted by molar-refractivity contribution is 5.96. The van der Waals surface area contributed by atoms with Gasteiger partial charge in [-0.05, 0) is 37.0 Å². The second-order valence-electron chi connectivity index (χ2n) is 8.53. The number of benzene rings is 1. The number of amides is 4. The molecule has 0 aliphatic rings. The molecule has 4 amide bonds. The monoisotopic (exact) mass is 553 g/mol. The molecule has 0 saturated carbocycles. The lowest BCUT2D eigenvalue weighted by Gasteiger charge is -2.24. The van der Waals surface area contributed by atoms with Gasteiger partial charge in [0.05, 0.1) is 12.5 Å². The lowest BCUT2D eigenvalue weighted by atomic mass is 10.0. The maximum absolute atomic E-state index is 12.9. The summed E-state index contributed by atoms with van der Waals surface area (Å²) >= 11 is 0. The van der Waals surface area contributed by atoms with Crippen LogP contribution in [0.15, 0.2) is 24.3 Å². The van der Waals surface area contributed by atoms with Crippen molar-refractivity contribution in [1.82, 2.24) is 16.0 Å². The van der Waals surface area contributed by atoms with Gasteiger partial charge >= 0.3 is 17.9 Å². The zero-order valence-electron chi connectivity index (χ0n) is 20.7. The molecule has 39 heavy (non-hydrogen) atoms. The van der Waals surface area contributed by atoms with Gasteiger partial charge in [-0.2, -0.15) is 0 Å². The van der Waals surface area contributed by atoms with Gasteiger partial charge in [0.15, 0.2) is 0 Å². The molecule has 0 aliphatic carbocycles. The lowest BCUT2D eigenvalue weighted by molar-refractivity contribution is -0.144. The topological polar surface area (TPSA) is 289 Å². The fourth-order valence-electron chi connectivity index (χ4n) is 3.27. The minimum atomic E-state index is -1.82. The summed E-state index contributed by atoms with van der Waals surface area (Å²) in [6.07, 6.45) is -2.82. The van der Waals surface area contributed by atoms with Crippen LogP contribution >= 0.6 is 0 Å². The summed E-state index contributed by atoms with van der Waals surface area (Å²) < 4.78 is 0. The smallest absolute Gasteiger partial charge is 0.326 e. The summed E-state index contributed by atoms with van der Waals surface area (Å²) in [6.45, 7) is 0. The number of phenols is 1. The van der Waals surface area contributed by atoms with Crippen LogP contribution in [0.4, 0.5) is 0 Å². The maximum Gasteiger partial charge on any atom is 0.326 e. The Kier molecular flexibility index (Phi) is 12.8. The number of carboxylic acids is 3. The number of carbonyl (C=O) groups is 7. The first-order chi connectivity index (χ1) is 18.2. The van der Waals surface area contributed by atoms with Crippen LogP contribution in [0, 0.1) is 0 Å².